The van der Waals surface area contributed by atoms with Crippen LogP contribution >= 0.6 is 11.3 Å². The number of hydrogen-bond donors (Lipinski definition) is 2. The number of rotatable bonds is 2. The van der Waals surface area contributed by atoms with Crippen LogP contribution in [0.1, 0.15) is 5.69 Å². The summed E-state index contributed by atoms with van der Waals surface area (Å²) in [6, 6.07) is 0. The first-order chi connectivity index (χ1) is 5.15. The van der Waals surface area contributed by atoms with E-state index >= 15 is 0 Å². The van der Waals surface area contributed by atoms with Gasteiger partial charge in [0.05, 0.1) is 5.69 Å². The zero-order chi connectivity index (χ0) is 8.43. The Morgan fingerprint density at radius 1 is 1.73 bits per heavy atom. The van der Waals surface area contributed by atoms with E-state index in [1.165, 1.54) is 11.3 Å². The number of hydrogen-bond acceptors (Lipinski definition) is 4. The number of nitrogens with one attached hydrogen (secondary N) is 1. The molecule has 1 aromatic heterocycles. The van der Waals surface area contributed by atoms with E-state index in [1.807, 2.05) is 0 Å². The molecule has 0 amide bonds. The SMILES string of the molecule is CNc1nc(C)c(S(=O)O)s1. The standard InChI is InChI=1S/C5H8N2O2S2/c1-3-4(11(8)9)10-5(6-2)7-3/h1-2H3,(H,6,7)(H,8,9). The molecule has 0 aromatic carbocycles. The van der Waals surface area contributed by atoms with Crippen molar-refractivity contribution in [1.29, 1.82) is 0 Å². The Labute approximate surface area is 70.9 Å². The first kappa shape index (κ1) is 8.63. The van der Waals surface area contributed by atoms with Crippen molar-refractivity contribution < 1.29 is 8.76 Å². The molecular weight excluding hydrogens is 184 g/mol. The fraction of sp³-hybridized carbons (Fsp3) is 0.400. The Balaban J connectivity index is 3.07. The van der Waals surface area contributed by atoms with E-state index in [2.05, 4.69) is 10.3 Å². The smallest absolute Gasteiger partial charge is 0.198 e. The minimum Gasteiger partial charge on any atom is -0.365 e. The van der Waals surface area contributed by atoms with Crippen LogP contribution in [0, 0.1) is 6.92 Å². The van der Waals surface area contributed by atoms with Gasteiger partial charge in [-0.2, -0.15) is 0 Å². The Bertz CT molecular complexity index is 284. The Kier molecular flexibility index (Phi) is 2.58. The molecule has 0 aliphatic rings. The van der Waals surface area contributed by atoms with Crippen LogP contribution in [0.15, 0.2) is 4.21 Å². The minimum absolute atomic E-state index is 0.411. The summed E-state index contributed by atoms with van der Waals surface area (Å²) in [5, 5.41) is 3.47. The summed E-state index contributed by atoms with van der Waals surface area (Å²) in [5.41, 5.74) is 0.611. The average Bonchev–Trinajstić information content (AvgIpc) is 2.30. The van der Waals surface area contributed by atoms with Gasteiger partial charge in [0.1, 0.15) is 4.21 Å². The highest BCUT2D eigenvalue weighted by Crippen LogP contribution is 2.24. The van der Waals surface area contributed by atoms with E-state index in [9.17, 15) is 4.21 Å². The van der Waals surface area contributed by atoms with E-state index in [0.717, 1.165) is 0 Å². The van der Waals surface area contributed by atoms with Gasteiger partial charge in [0.15, 0.2) is 16.2 Å². The molecule has 1 heterocycles. The molecule has 0 radical (unpaired) electrons. The van der Waals surface area contributed by atoms with Crippen molar-refractivity contribution in [2.24, 2.45) is 0 Å². The first-order valence-corrected chi connectivity index (χ1v) is 4.83. The molecule has 0 saturated heterocycles. The monoisotopic (exact) mass is 192 g/mol. The van der Waals surface area contributed by atoms with Crippen LogP contribution in [0.5, 0.6) is 0 Å². The minimum atomic E-state index is -1.91. The number of aryl methyl sites for hydroxylation is 1. The maximum absolute atomic E-state index is 10.6. The summed E-state index contributed by atoms with van der Waals surface area (Å²) in [6.45, 7) is 1.71. The van der Waals surface area contributed by atoms with Crippen molar-refractivity contribution >= 4 is 27.5 Å². The largest absolute Gasteiger partial charge is 0.365 e. The maximum Gasteiger partial charge on any atom is 0.198 e. The molecule has 0 fully saturated rings. The van der Waals surface area contributed by atoms with Crippen molar-refractivity contribution in [3.8, 4) is 0 Å². The molecule has 0 saturated carbocycles. The van der Waals surface area contributed by atoms with E-state index in [0.29, 0.717) is 15.0 Å². The molecule has 2 N–H and O–H groups in total. The third-order valence-corrected chi connectivity index (χ3v) is 3.39. The van der Waals surface area contributed by atoms with Crippen LogP contribution in [-0.2, 0) is 11.1 Å². The van der Waals surface area contributed by atoms with Gasteiger partial charge in [-0.3, -0.25) is 0 Å². The van der Waals surface area contributed by atoms with E-state index in [1.54, 1.807) is 14.0 Å². The molecule has 11 heavy (non-hydrogen) atoms. The van der Waals surface area contributed by atoms with Crippen LogP contribution in [0.4, 0.5) is 5.13 Å². The number of anilines is 1. The molecule has 1 unspecified atom stereocenters. The van der Waals surface area contributed by atoms with Gasteiger partial charge in [0, 0.05) is 7.05 Å². The zero-order valence-corrected chi connectivity index (χ0v) is 7.75. The lowest BCUT2D eigenvalue weighted by Gasteiger charge is -1.85. The first-order valence-electron chi connectivity index (χ1n) is 2.91. The predicted molar refractivity (Wildman–Crippen MR) is 45.4 cm³/mol. The fourth-order valence-corrected chi connectivity index (χ4v) is 2.13. The van der Waals surface area contributed by atoms with Crippen molar-refractivity contribution in [1.82, 2.24) is 4.98 Å². The molecule has 1 atom stereocenters. The normalized spacial score (nSPS) is 13.0. The van der Waals surface area contributed by atoms with Crippen LogP contribution in [0.3, 0.4) is 0 Å². The number of nitrogens with zero attached hydrogens (tertiary/aromatic N) is 1. The summed E-state index contributed by atoms with van der Waals surface area (Å²) in [6.07, 6.45) is 0. The van der Waals surface area contributed by atoms with Gasteiger partial charge in [0.25, 0.3) is 0 Å². The number of thiazole rings is 1. The second kappa shape index (κ2) is 3.29. The van der Waals surface area contributed by atoms with Crippen LogP contribution in [0.25, 0.3) is 0 Å². The molecule has 0 aliphatic carbocycles. The third kappa shape index (κ3) is 1.76. The topological polar surface area (TPSA) is 62.2 Å². The molecule has 0 spiro atoms. The van der Waals surface area contributed by atoms with Gasteiger partial charge >= 0.3 is 0 Å². The Morgan fingerprint density at radius 3 is 2.64 bits per heavy atom. The van der Waals surface area contributed by atoms with Crippen molar-refractivity contribution in [3.05, 3.63) is 5.69 Å². The molecule has 1 rings (SSSR count). The second-order valence-electron chi connectivity index (χ2n) is 1.89. The molecular formula is C5H8N2O2S2. The van der Waals surface area contributed by atoms with E-state index in [4.69, 9.17) is 4.55 Å². The summed E-state index contributed by atoms with van der Waals surface area (Å²) < 4.78 is 19.7. The van der Waals surface area contributed by atoms with Gasteiger partial charge in [-0.1, -0.05) is 11.3 Å². The van der Waals surface area contributed by atoms with Gasteiger partial charge in [-0.25, -0.2) is 9.19 Å². The third-order valence-electron chi connectivity index (χ3n) is 1.13. The Hall–Kier alpha value is -0.460. The second-order valence-corrected chi connectivity index (χ2v) is 4.06. The molecule has 6 heteroatoms. The number of aromatic nitrogens is 1. The van der Waals surface area contributed by atoms with Crippen LogP contribution < -0.4 is 5.32 Å². The zero-order valence-electron chi connectivity index (χ0n) is 6.12. The summed E-state index contributed by atoms with van der Waals surface area (Å²) in [5.74, 6) is 0. The highest BCUT2D eigenvalue weighted by Gasteiger charge is 2.10. The quantitative estimate of drug-likeness (QED) is 0.688. The van der Waals surface area contributed by atoms with Gasteiger partial charge in [-0.15, -0.1) is 0 Å². The molecule has 0 aliphatic heterocycles. The molecule has 0 bridgehead atoms. The molecule has 4 nitrogen and oxygen atoms in total. The van der Waals surface area contributed by atoms with Gasteiger partial charge in [0.2, 0.25) is 0 Å². The van der Waals surface area contributed by atoms with E-state index in [-0.39, 0.29) is 0 Å². The maximum atomic E-state index is 10.6. The van der Waals surface area contributed by atoms with Gasteiger partial charge in [-0.05, 0) is 6.92 Å². The van der Waals surface area contributed by atoms with Gasteiger partial charge < -0.3 is 9.87 Å². The Morgan fingerprint density at radius 2 is 2.36 bits per heavy atom. The van der Waals surface area contributed by atoms with Crippen molar-refractivity contribution in [3.63, 3.8) is 0 Å². The summed E-state index contributed by atoms with van der Waals surface area (Å²) >= 11 is -0.710. The summed E-state index contributed by atoms with van der Waals surface area (Å²) in [7, 11) is 1.72. The lowest BCUT2D eigenvalue weighted by atomic mass is 10.6. The van der Waals surface area contributed by atoms with Crippen LogP contribution in [-0.4, -0.2) is 20.8 Å². The fourth-order valence-electron chi connectivity index (χ4n) is 0.651. The predicted octanol–water partition coefficient (Wildman–Crippen LogP) is 1.07. The molecule has 62 valence electrons. The lowest BCUT2D eigenvalue weighted by molar-refractivity contribution is 0.566. The van der Waals surface area contributed by atoms with Crippen LogP contribution in [0.2, 0.25) is 0 Å². The highest BCUT2D eigenvalue weighted by atomic mass is 32.2. The highest BCUT2D eigenvalue weighted by molar-refractivity contribution is 7.82. The summed E-state index contributed by atoms with van der Waals surface area (Å²) in [4.78, 5) is 4.00. The lowest BCUT2D eigenvalue weighted by Crippen LogP contribution is -1.86. The van der Waals surface area contributed by atoms with Crippen molar-refractivity contribution in [2.75, 3.05) is 12.4 Å². The van der Waals surface area contributed by atoms with E-state index < -0.39 is 11.1 Å². The molecule has 1 aromatic rings. The average molecular weight is 192 g/mol. The van der Waals surface area contributed by atoms with Crippen molar-refractivity contribution in [2.45, 2.75) is 11.1 Å².